The Morgan fingerprint density at radius 3 is 2.62 bits per heavy atom. The molecule has 0 unspecified atom stereocenters. The van der Waals surface area contributed by atoms with Gasteiger partial charge in [0.15, 0.2) is 5.60 Å². The number of carboxylic acids is 1. The number of carbonyl (C=O) groups excluding carboxylic acids is 2. The van der Waals surface area contributed by atoms with Crippen molar-refractivity contribution in [2.45, 2.75) is 38.8 Å². The summed E-state index contributed by atoms with van der Waals surface area (Å²) in [6, 6.07) is 6.88. The molecular formula is C24H26N2O8. The number of ketones is 1. The predicted octanol–water partition coefficient (Wildman–Crippen LogP) is 1.67. The van der Waals surface area contributed by atoms with Gasteiger partial charge in [-0.1, -0.05) is 0 Å². The third-order valence-corrected chi connectivity index (χ3v) is 5.27. The largest absolute Gasteiger partial charge is 0.489 e. The molecule has 1 aromatic carbocycles. The first-order valence-corrected chi connectivity index (χ1v) is 10.5. The number of rotatable bonds is 10. The van der Waals surface area contributed by atoms with Crippen molar-refractivity contribution in [3.63, 3.8) is 0 Å². The third-order valence-electron chi connectivity index (χ3n) is 5.27. The molecule has 0 bridgehead atoms. The van der Waals surface area contributed by atoms with Gasteiger partial charge in [0.2, 0.25) is 11.7 Å². The summed E-state index contributed by atoms with van der Waals surface area (Å²) in [7, 11) is 0. The van der Waals surface area contributed by atoms with E-state index in [4.69, 9.17) is 19.6 Å². The van der Waals surface area contributed by atoms with Crippen LogP contribution in [0.15, 0.2) is 62.5 Å². The van der Waals surface area contributed by atoms with Gasteiger partial charge >= 0.3 is 11.6 Å². The maximum absolute atomic E-state index is 12.8. The predicted molar refractivity (Wildman–Crippen MR) is 122 cm³/mol. The number of Topliss-reactive ketones (excluding diaryl/α,β-unsaturated/α-hetero) is 1. The van der Waals surface area contributed by atoms with E-state index in [2.05, 4.69) is 5.32 Å². The Bertz CT molecular complexity index is 1260. The number of amides is 1. The number of nitrogens with one attached hydrogen (secondary N) is 1. The second-order valence-electron chi connectivity index (χ2n) is 8.34. The van der Waals surface area contributed by atoms with Gasteiger partial charge in [-0.2, -0.15) is 0 Å². The molecule has 0 aliphatic carbocycles. The van der Waals surface area contributed by atoms with Crippen molar-refractivity contribution in [3.8, 4) is 5.75 Å². The Morgan fingerprint density at radius 2 is 1.94 bits per heavy atom. The fourth-order valence-electron chi connectivity index (χ4n) is 3.47. The highest BCUT2D eigenvalue weighted by Gasteiger charge is 2.42. The molecule has 4 N–H and O–H groups in total. The number of benzene rings is 1. The first-order valence-electron chi connectivity index (χ1n) is 10.5. The average molecular weight is 470 g/mol. The molecule has 2 aromatic rings. The summed E-state index contributed by atoms with van der Waals surface area (Å²) in [5.74, 6) is -1.51. The van der Waals surface area contributed by atoms with Crippen LogP contribution in [0.2, 0.25) is 0 Å². The van der Waals surface area contributed by atoms with E-state index >= 15 is 0 Å². The molecule has 3 rings (SSSR count). The van der Waals surface area contributed by atoms with Crippen LogP contribution in [0.1, 0.15) is 27.2 Å². The lowest BCUT2D eigenvalue weighted by molar-refractivity contribution is -0.141. The fourth-order valence-corrected chi connectivity index (χ4v) is 3.47. The Balaban J connectivity index is 1.76. The molecule has 1 amide bonds. The summed E-state index contributed by atoms with van der Waals surface area (Å²) in [5.41, 5.74) is 4.81. The number of carboxylic acid groups (broad SMARTS) is 1. The maximum Gasteiger partial charge on any atom is 0.336 e. The Kier molecular flexibility index (Phi) is 7.21. The Morgan fingerprint density at radius 1 is 1.24 bits per heavy atom. The lowest BCUT2D eigenvalue weighted by Crippen LogP contribution is -2.42. The zero-order chi connectivity index (χ0) is 25.0. The highest BCUT2D eigenvalue weighted by molar-refractivity contribution is 6.05. The molecule has 1 atom stereocenters. The van der Waals surface area contributed by atoms with Crippen molar-refractivity contribution in [3.05, 3.63) is 63.7 Å². The number of allylic oxidation sites excluding steroid dienone is 1. The molecule has 180 valence electrons. The zero-order valence-corrected chi connectivity index (χ0v) is 19.0. The van der Waals surface area contributed by atoms with E-state index in [0.29, 0.717) is 22.7 Å². The summed E-state index contributed by atoms with van der Waals surface area (Å²) < 4.78 is 16.7. The number of ether oxygens (including phenoxy) is 2. The summed E-state index contributed by atoms with van der Waals surface area (Å²) in [6.45, 7) is 5.00. The minimum absolute atomic E-state index is 0.114. The second kappa shape index (κ2) is 9.92. The molecule has 1 aromatic heterocycles. The lowest BCUT2D eigenvalue weighted by Gasteiger charge is -2.18. The van der Waals surface area contributed by atoms with Gasteiger partial charge < -0.3 is 24.7 Å². The molecule has 1 aliphatic heterocycles. The molecule has 10 heteroatoms. The van der Waals surface area contributed by atoms with E-state index in [1.165, 1.54) is 6.07 Å². The van der Waals surface area contributed by atoms with Gasteiger partial charge in [0.05, 0.1) is 12.0 Å². The van der Waals surface area contributed by atoms with Gasteiger partial charge in [-0.25, -0.2) is 4.79 Å². The number of fused-ring (bicyclic) bond motifs is 1. The first-order chi connectivity index (χ1) is 16.0. The maximum atomic E-state index is 12.8. The lowest BCUT2D eigenvalue weighted by atomic mass is 9.97. The van der Waals surface area contributed by atoms with E-state index < -0.39 is 35.6 Å². The van der Waals surface area contributed by atoms with Gasteiger partial charge in [0, 0.05) is 24.1 Å². The fraction of sp³-hybridized carbons (Fsp3) is 0.333. The monoisotopic (exact) mass is 470 g/mol. The Labute approximate surface area is 195 Å². The van der Waals surface area contributed by atoms with Crippen LogP contribution in [0.5, 0.6) is 5.75 Å². The van der Waals surface area contributed by atoms with Crippen LogP contribution in [0.3, 0.4) is 0 Å². The third kappa shape index (κ3) is 5.70. The number of aliphatic carboxylic acids is 1. The van der Waals surface area contributed by atoms with Crippen LogP contribution >= 0.6 is 0 Å². The van der Waals surface area contributed by atoms with E-state index in [9.17, 15) is 24.3 Å². The number of primary amides is 1. The van der Waals surface area contributed by atoms with Crippen molar-refractivity contribution < 1.29 is 33.4 Å². The van der Waals surface area contributed by atoms with Crippen LogP contribution in [0.4, 0.5) is 0 Å². The smallest absolute Gasteiger partial charge is 0.336 e. The molecule has 10 nitrogen and oxygen atoms in total. The number of nitrogens with two attached hydrogens (primary N) is 1. The average Bonchev–Trinajstić information content (AvgIpc) is 2.99. The van der Waals surface area contributed by atoms with Crippen LogP contribution < -0.4 is 21.4 Å². The van der Waals surface area contributed by atoms with Crippen molar-refractivity contribution in [2.24, 2.45) is 5.73 Å². The van der Waals surface area contributed by atoms with E-state index in [1.54, 1.807) is 51.1 Å². The zero-order valence-electron chi connectivity index (χ0n) is 19.0. The van der Waals surface area contributed by atoms with Crippen LogP contribution in [0, 0.1) is 0 Å². The highest BCUT2D eigenvalue weighted by Crippen LogP contribution is 2.34. The molecule has 0 fully saturated rings. The van der Waals surface area contributed by atoms with Crippen molar-refractivity contribution in [1.82, 2.24) is 5.32 Å². The van der Waals surface area contributed by atoms with Gasteiger partial charge in [0.1, 0.15) is 29.7 Å². The van der Waals surface area contributed by atoms with E-state index in [1.807, 2.05) is 0 Å². The summed E-state index contributed by atoms with van der Waals surface area (Å²) in [6.07, 6.45) is 1.30. The molecule has 0 radical (unpaired) electrons. The van der Waals surface area contributed by atoms with Crippen molar-refractivity contribution in [1.29, 1.82) is 0 Å². The molecular weight excluding hydrogens is 444 g/mol. The van der Waals surface area contributed by atoms with Gasteiger partial charge in [-0.3, -0.25) is 19.7 Å². The molecule has 0 saturated carbocycles. The molecule has 1 aliphatic rings. The number of hydrogen-bond acceptors (Lipinski definition) is 8. The number of hydrogen-bond donors (Lipinski definition) is 3. The highest BCUT2D eigenvalue weighted by atomic mass is 16.5. The molecule has 34 heavy (non-hydrogen) atoms. The standard InChI is InChI=1S/C24H26N2O8/c1-13(8-9-32-15-6-4-14-5-7-20(28)33-18(14)10-15)21-16(22(29)24(2,3)34-21)12-26-17(23(30)31)11-19(25)27/h4-8,10,17,26H,9,11-12H2,1-3H3,(H2,25,27)(H,30,31)/b13-8+/t17-/m0/s1. The number of carbonyl (C=O) groups is 3. The quantitative estimate of drug-likeness (QED) is 0.439. The first kappa shape index (κ1) is 24.7. The summed E-state index contributed by atoms with van der Waals surface area (Å²) >= 11 is 0. The van der Waals surface area contributed by atoms with E-state index in [-0.39, 0.29) is 24.5 Å². The summed E-state index contributed by atoms with van der Waals surface area (Å²) in [4.78, 5) is 46.8. The van der Waals surface area contributed by atoms with E-state index in [0.717, 1.165) is 5.39 Å². The second-order valence-corrected chi connectivity index (χ2v) is 8.34. The Hall–Kier alpha value is -3.92. The molecule has 2 heterocycles. The summed E-state index contributed by atoms with van der Waals surface area (Å²) in [5, 5.41) is 12.7. The van der Waals surface area contributed by atoms with Crippen LogP contribution in [-0.4, -0.2) is 47.6 Å². The van der Waals surface area contributed by atoms with Gasteiger partial charge in [-0.05, 0) is 50.6 Å². The van der Waals surface area contributed by atoms with Crippen LogP contribution in [0.25, 0.3) is 11.0 Å². The minimum Gasteiger partial charge on any atom is -0.489 e. The van der Waals surface area contributed by atoms with Gasteiger partial charge in [-0.15, -0.1) is 0 Å². The molecule has 0 saturated heterocycles. The van der Waals surface area contributed by atoms with Crippen molar-refractivity contribution in [2.75, 3.05) is 13.2 Å². The minimum atomic E-state index is -1.25. The van der Waals surface area contributed by atoms with Crippen molar-refractivity contribution >= 4 is 28.6 Å². The normalized spacial score (nSPS) is 16.4. The van der Waals surface area contributed by atoms with Crippen LogP contribution in [-0.2, 0) is 19.1 Å². The SMILES string of the molecule is C/C(=C\COc1ccc2ccc(=O)oc2c1)C1=C(CN[C@@H](CC(N)=O)C(=O)O)C(=O)C(C)(C)O1. The molecule has 0 spiro atoms. The van der Waals surface area contributed by atoms with Gasteiger partial charge in [0.25, 0.3) is 0 Å². The topological polar surface area (TPSA) is 158 Å².